The van der Waals surface area contributed by atoms with Crippen molar-refractivity contribution in [1.29, 1.82) is 0 Å². The molecule has 4 atom stereocenters. The number of nitrogens with one attached hydrogen (secondary N) is 5. The molecule has 1 heterocycles. The highest BCUT2D eigenvalue weighted by molar-refractivity contribution is 5.94. The Morgan fingerprint density at radius 1 is 0.725 bits per heavy atom. The van der Waals surface area contributed by atoms with Crippen LogP contribution in [0.1, 0.15) is 81.5 Å². The molecule has 0 fully saturated rings. The molecule has 278 valence electrons. The van der Waals surface area contributed by atoms with Crippen molar-refractivity contribution in [3.63, 3.8) is 0 Å². The Balaban J connectivity index is 1.75. The van der Waals surface area contributed by atoms with Crippen molar-refractivity contribution in [1.82, 2.24) is 31.2 Å². The number of aromatic hydroxyl groups is 1. The van der Waals surface area contributed by atoms with Crippen molar-refractivity contribution in [2.24, 2.45) is 0 Å². The lowest BCUT2D eigenvalue weighted by Crippen LogP contribution is -2.58. The number of imidazole rings is 1. The summed E-state index contributed by atoms with van der Waals surface area (Å²) in [6, 6.07) is 12.0. The summed E-state index contributed by atoms with van der Waals surface area (Å²) < 4.78 is 0. The van der Waals surface area contributed by atoms with E-state index in [4.69, 9.17) is 0 Å². The van der Waals surface area contributed by atoms with E-state index in [9.17, 15) is 34.5 Å². The van der Waals surface area contributed by atoms with Crippen molar-refractivity contribution >= 4 is 23.6 Å². The molecule has 0 saturated heterocycles. The van der Waals surface area contributed by atoms with Gasteiger partial charge in [0.25, 0.3) is 0 Å². The van der Waals surface area contributed by atoms with Gasteiger partial charge in [0.2, 0.25) is 23.6 Å². The van der Waals surface area contributed by atoms with E-state index in [0.29, 0.717) is 17.7 Å². The summed E-state index contributed by atoms with van der Waals surface area (Å²) in [6.07, 6.45) is 11.1. The summed E-state index contributed by atoms with van der Waals surface area (Å²) in [7, 11) is 0. The van der Waals surface area contributed by atoms with Crippen LogP contribution in [0, 0.1) is 0 Å². The molecule has 2 aromatic carbocycles. The Kier molecular flexibility index (Phi) is 18.2. The fourth-order valence-corrected chi connectivity index (χ4v) is 5.60. The summed E-state index contributed by atoms with van der Waals surface area (Å²) in [4.78, 5) is 61.1. The molecule has 0 radical (unpaired) electrons. The number of unbranched alkanes of at least 4 members (excludes halogenated alkanes) is 7. The maximum absolute atomic E-state index is 13.9. The minimum absolute atomic E-state index is 0.0371. The van der Waals surface area contributed by atoms with E-state index < -0.39 is 48.6 Å². The highest BCUT2D eigenvalue weighted by Gasteiger charge is 2.30. The quantitative estimate of drug-likeness (QED) is 0.0649. The van der Waals surface area contributed by atoms with Crippen LogP contribution in [0.5, 0.6) is 5.75 Å². The standard InChI is InChI=1S/C38H54N6O7/c1-2-3-4-5-6-7-8-12-15-35(48)42-34(22-29-23-39-26-41-29)38(51)44-33(20-27-13-10-9-11-14-27)37(50)43-32(36(49)40-24-31(47)25-45)21-28-16-18-30(46)19-17-28/h9-11,13-14,16-19,23,26,31-34,45-47H,2-8,12,15,20-22,24-25H2,1H3,(H,39,41)(H,40,49)(H,42,48)(H,43,50)(H,44,51)/t31?,32-,33-,34-/m0/s1. The van der Waals surface area contributed by atoms with Crippen LogP contribution in [0.25, 0.3) is 0 Å². The van der Waals surface area contributed by atoms with Gasteiger partial charge in [0.05, 0.1) is 19.0 Å². The largest absolute Gasteiger partial charge is 0.508 e. The molecule has 0 aliphatic heterocycles. The molecule has 13 heteroatoms. The second-order valence-electron chi connectivity index (χ2n) is 12.9. The number of aliphatic hydroxyl groups is 2. The summed E-state index contributed by atoms with van der Waals surface area (Å²) in [5.74, 6) is -2.05. The molecule has 0 aliphatic rings. The van der Waals surface area contributed by atoms with Crippen LogP contribution in [-0.2, 0) is 38.4 Å². The monoisotopic (exact) mass is 706 g/mol. The number of benzene rings is 2. The number of aromatic nitrogens is 2. The third-order valence-electron chi connectivity index (χ3n) is 8.54. The maximum atomic E-state index is 13.9. The second kappa shape index (κ2) is 22.9. The van der Waals surface area contributed by atoms with Crippen LogP contribution in [0.2, 0.25) is 0 Å². The van der Waals surface area contributed by atoms with E-state index in [0.717, 1.165) is 24.8 Å². The minimum atomic E-state index is -1.19. The summed E-state index contributed by atoms with van der Waals surface area (Å²) in [6.45, 7) is 1.38. The zero-order valence-electron chi connectivity index (χ0n) is 29.5. The van der Waals surface area contributed by atoms with E-state index in [1.54, 1.807) is 18.3 Å². The van der Waals surface area contributed by atoms with Crippen LogP contribution in [0.15, 0.2) is 67.1 Å². The predicted molar refractivity (Wildman–Crippen MR) is 193 cm³/mol. The zero-order valence-corrected chi connectivity index (χ0v) is 29.5. The van der Waals surface area contributed by atoms with Gasteiger partial charge in [-0.05, 0) is 29.7 Å². The van der Waals surface area contributed by atoms with Crippen LogP contribution in [0.4, 0.5) is 0 Å². The van der Waals surface area contributed by atoms with Crippen molar-refractivity contribution in [2.45, 2.75) is 108 Å². The molecule has 8 N–H and O–H groups in total. The first-order valence-corrected chi connectivity index (χ1v) is 17.9. The van der Waals surface area contributed by atoms with E-state index >= 15 is 0 Å². The average Bonchev–Trinajstić information content (AvgIpc) is 3.65. The number of carbonyl (C=O) groups is 4. The summed E-state index contributed by atoms with van der Waals surface area (Å²) in [5, 5.41) is 39.7. The van der Waals surface area contributed by atoms with Crippen LogP contribution < -0.4 is 21.3 Å². The van der Waals surface area contributed by atoms with Gasteiger partial charge in [0.1, 0.15) is 23.9 Å². The summed E-state index contributed by atoms with van der Waals surface area (Å²) in [5.41, 5.74) is 2.02. The average molecular weight is 707 g/mol. The third kappa shape index (κ3) is 15.8. The van der Waals surface area contributed by atoms with Crippen LogP contribution >= 0.6 is 0 Å². The van der Waals surface area contributed by atoms with Gasteiger partial charge in [-0.1, -0.05) is 94.3 Å². The van der Waals surface area contributed by atoms with E-state index in [2.05, 4.69) is 38.2 Å². The van der Waals surface area contributed by atoms with E-state index in [1.807, 2.05) is 30.3 Å². The van der Waals surface area contributed by atoms with Gasteiger partial charge in [-0.2, -0.15) is 0 Å². The lowest BCUT2D eigenvalue weighted by molar-refractivity contribution is -0.133. The molecule has 0 spiro atoms. The minimum Gasteiger partial charge on any atom is -0.508 e. The normalized spacial score (nSPS) is 13.4. The van der Waals surface area contributed by atoms with Crippen molar-refractivity contribution in [3.8, 4) is 5.75 Å². The Morgan fingerprint density at radius 2 is 1.29 bits per heavy atom. The number of phenols is 1. The van der Waals surface area contributed by atoms with Gasteiger partial charge >= 0.3 is 0 Å². The van der Waals surface area contributed by atoms with Crippen LogP contribution in [-0.4, -0.2) is 86.3 Å². The van der Waals surface area contributed by atoms with Gasteiger partial charge in [-0.25, -0.2) is 4.98 Å². The van der Waals surface area contributed by atoms with Gasteiger partial charge in [-0.15, -0.1) is 0 Å². The number of nitrogens with zero attached hydrogens (tertiary/aromatic N) is 1. The Hall–Kier alpha value is -4.75. The van der Waals surface area contributed by atoms with Crippen molar-refractivity contribution < 1.29 is 34.5 Å². The Bertz CT molecular complexity index is 1450. The molecule has 0 bridgehead atoms. The SMILES string of the molecule is CCCCCCCCCCC(=O)N[C@@H](Cc1cnc[nH]1)C(=O)N[C@@H](Cc1ccccc1)C(=O)N[C@@H](Cc1ccc(O)cc1)C(=O)NCC(O)CO. The molecule has 1 unspecified atom stereocenters. The topological polar surface area (TPSA) is 206 Å². The number of amides is 4. The fraction of sp³-hybridized carbons (Fsp3) is 0.500. The maximum Gasteiger partial charge on any atom is 0.243 e. The number of rotatable bonds is 24. The Morgan fingerprint density at radius 3 is 1.88 bits per heavy atom. The molecule has 3 aromatic rings. The molecule has 4 amide bonds. The molecule has 0 saturated carbocycles. The second-order valence-corrected chi connectivity index (χ2v) is 12.9. The molecular weight excluding hydrogens is 652 g/mol. The molecule has 3 rings (SSSR count). The molecule has 0 aliphatic carbocycles. The first-order valence-electron chi connectivity index (χ1n) is 17.9. The zero-order chi connectivity index (χ0) is 36.8. The Labute approximate surface area is 300 Å². The number of hydrogen-bond acceptors (Lipinski definition) is 8. The van der Waals surface area contributed by atoms with Crippen molar-refractivity contribution in [2.75, 3.05) is 13.2 Å². The first kappa shape index (κ1) is 40.7. The number of aliphatic hydroxyl groups excluding tert-OH is 2. The molecular formula is C38H54N6O7. The van der Waals surface area contributed by atoms with Gasteiger partial charge in [0, 0.05) is 44.1 Å². The lowest BCUT2D eigenvalue weighted by atomic mass is 10.0. The highest BCUT2D eigenvalue weighted by Crippen LogP contribution is 2.13. The predicted octanol–water partition coefficient (Wildman–Crippen LogP) is 2.60. The van der Waals surface area contributed by atoms with Gasteiger partial charge in [0.15, 0.2) is 0 Å². The highest BCUT2D eigenvalue weighted by atomic mass is 16.3. The molecule has 1 aromatic heterocycles. The number of phenolic OH excluding ortho intramolecular Hbond substituents is 1. The van der Waals surface area contributed by atoms with Crippen LogP contribution in [0.3, 0.4) is 0 Å². The summed E-state index contributed by atoms with van der Waals surface area (Å²) >= 11 is 0. The molecule has 51 heavy (non-hydrogen) atoms. The smallest absolute Gasteiger partial charge is 0.243 e. The van der Waals surface area contributed by atoms with Gasteiger partial charge in [-0.3, -0.25) is 19.2 Å². The number of H-pyrrole nitrogens is 1. The van der Waals surface area contributed by atoms with Gasteiger partial charge < -0.3 is 41.6 Å². The molecule has 13 nitrogen and oxygen atoms in total. The lowest BCUT2D eigenvalue weighted by Gasteiger charge is -2.26. The third-order valence-corrected chi connectivity index (χ3v) is 8.54. The van der Waals surface area contributed by atoms with E-state index in [1.165, 1.54) is 44.1 Å². The number of carbonyl (C=O) groups excluding carboxylic acids is 4. The first-order chi connectivity index (χ1) is 24.7. The number of hydrogen-bond donors (Lipinski definition) is 8. The van der Waals surface area contributed by atoms with E-state index in [-0.39, 0.29) is 43.9 Å². The number of aromatic amines is 1. The fourth-order valence-electron chi connectivity index (χ4n) is 5.60. The van der Waals surface area contributed by atoms with Crippen molar-refractivity contribution in [3.05, 3.63) is 83.9 Å².